The van der Waals surface area contributed by atoms with Crippen LogP contribution in [0.25, 0.3) is 0 Å². The smallest absolute Gasteiger partial charge is 0.224 e. The van der Waals surface area contributed by atoms with Gasteiger partial charge in [-0.25, -0.2) is 4.39 Å². The Bertz CT molecular complexity index is 1310. The minimum Gasteiger partial charge on any atom is -0.374 e. The summed E-state index contributed by atoms with van der Waals surface area (Å²) in [5.74, 6) is -2.27. The molecule has 0 aromatic heterocycles. The maximum Gasteiger partial charge on any atom is 0.224 e. The molecule has 3 unspecified atom stereocenters. The minimum absolute atomic E-state index is 0.0489. The molecule has 0 aliphatic carbocycles. The molecule has 42 heavy (non-hydrogen) atoms. The fourth-order valence-corrected chi connectivity index (χ4v) is 5.04. The van der Waals surface area contributed by atoms with Crippen molar-refractivity contribution in [3.63, 3.8) is 0 Å². The quantitative estimate of drug-likeness (QED) is 0.200. The summed E-state index contributed by atoms with van der Waals surface area (Å²) < 4.78 is 45.9. The summed E-state index contributed by atoms with van der Waals surface area (Å²) in [5.41, 5.74) is 3.73. The molecular weight excluding hydrogens is 535 g/mol. The predicted octanol–water partition coefficient (Wildman–Crippen LogP) is 6.02. The number of hydrogen-bond acceptors (Lipinski definition) is 6. The van der Waals surface area contributed by atoms with Crippen molar-refractivity contribution < 1.29 is 33.2 Å². The van der Waals surface area contributed by atoms with Crippen molar-refractivity contribution in [2.45, 2.75) is 56.6 Å². The molecule has 220 valence electrons. The summed E-state index contributed by atoms with van der Waals surface area (Å²) in [6.07, 6.45) is -3.64. The number of aliphatic hydroxyl groups is 1. The molecule has 0 saturated carbocycles. The number of rotatable bonds is 14. The fraction of sp³-hybridized carbons (Fsp3) is 0.314. The van der Waals surface area contributed by atoms with Gasteiger partial charge in [-0.1, -0.05) is 121 Å². The minimum atomic E-state index is -2.27. The second kappa shape index (κ2) is 15.2. The van der Waals surface area contributed by atoms with Crippen LogP contribution in [-0.4, -0.2) is 48.6 Å². The average molecular weight is 573 g/mol. The third-order valence-corrected chi connectivity index (χ3v) is 7.22. The third kappa shape index (κ3) is 8.10. The van der Waals surface area contributed by atoms with E-state index in [4.69, 9.17) is 23.7 Å². The van der Waals surface area contributed by atoms with Gasteiger partial charge in [0.25, 0.3) is 0 Å². The van der Waals surface area contributed by atoms with E-state index in [0.717, 1.165) is 22.3 Å². The zero-order valence-corrected chi connectivity index (χ0v) is 23.5. The van der Waals surface area contributed by atoms with Crippen LogP contribution in [0, 0.1) is 0 Å². The first kappa shape index (κ1) is 30.0. The van der Waals surface area contributed by atoms with Gasteiger partial charge < -0.3 is 28.8 Å². The molecule has 1 aliphatic heterocycles. The van der Waals surface area contributed by atoms with Crippen molar-refractivity contribution in [1.29, 1.82) is 0 Å². The second-order valence-electron chi connectivity index (χ2n) is 10.4. The van der Waals surface area contributed by atoms with Crippen molar-refractivity contribution in [1.82, 2.24) is 0 Å². The van der Waals surface area contributed by atoms with Crippen LogP contribution in [-0.2, 0) is 50.1 Å². The van der Waals surface area contributed by atoms with Crippen molar-refractivity contribution in [3.05, 3.63) is 144 Å². The van der Waals surface area contributed by atoms with Crippen LogP contribution in [0.5, 0.6) is 0 Å². The maximum absolute atomic E-state index is 14.7. The second-order valence-corrected chi connectivity index (χ2v) is 10.4. The van der Waals surface area contributed by atoms with Crippen LogP contribution < -0.4 is 0 Å². The van der Waals surface area contributed by atoms with E-state index in [0.29, 0.717) is 6.61 Å². The highest BCUT2D eigenvalue weighted by atomic mass is 19.1. The van der Waals surface area contributed by atoms with Gasteiger partial charge >= 0.3 is 0 Å². The molecule has 6 nitrogen and oxygen atoms in total. The number of benzene rings is 4. The lowest BCUT2D eigenvalue weighted by atomic mass is 9.92. The summed E-state index contributed by atoms with van der Waals surface area (Å²) in [7, 11) is 0. The first-order chi connectivity index (χ1) is 20.6. The van der Waals surface area contributed by atoms with Gasteiger partial charge in [0.15, 0.2) is 0 Å². The van der Waals surface area contributed by atoms with E-state index >= 15 is 0 Å². The molecule has 4 aromatic carbocycles. The Morgan fingerprint density at radius 2 is 0.976 bits per heavy atom. The van der Waals surface area contributed by atoms with E-state index in [1.165, 1.54) is 0 Å². The Labute approximate surface area is 246 Å². The largest absolute Gasteiger partial charge is 0.374 e. The lowest BCUT2D eigenvalue weighted by molar-refractivity contribution is -0.373. The maximum atomic E-state index is 14.7. The van der Waals surface area contributed by atoms with Gasteiger partial charge in [0.2, 0.25) is 5.79 Å². The van der Waals surface area contributed by atoms with Crippen molar-refractivity contribution >= 4 is 0 Å². The summed E-state index contributed by atoms with van der Waals surface area (Å²) >= 11 is 0. The molecule has 1 N–H and O–H groups in total. The van der Waals surface area contributed by atoms with Gasteiger partial charge in [0.1, 0.15) is 31.1 Å². The number of alkyl halides is 1. The zero-order valence-electron chi connectivity index (χ0n) is 23.5. The van der Waals surface area contributed by atoms with E-state index in [-0.39, 0.29) is 26.4 Å². The summed E-state index contributed by atoms with van der Waals surface area (Å²) in [6, 6.07) is 38.6. The molecule has 4 aromatic rings. The normalized spacial score (nSPS) is 24.0. The van der Waals surface area contributed by atoms with Gasteiger partial charge in [-0.15, -0.1) is 0 Å². The average Bonchev–Trinajstić information content (AvgIpc) is 3.05. The van der Waals surface area contributed by atoms with Crippen LogP contribution in [0.3, 0.4) is 0 Å². The predicted molar refractivity (Wildman–Crippen MR) is 157 cm³/mol. The van der Waals surface area contributed by atoms with E-state index in [1.54, 1.807) is 0 Å². The van der Waals surface area contributed by atoms with E-state index in [9.17, 15) is 9.50 Å². The van der Waals surface area contributed by atoms with Crippen molar-refractivity contribution in [3.8, 4) is 0 Å². The first-order valence-corrected chi connectivity index (χ1v) is 14.2. The molecule has 1 heterocycles. The number of ether oxygens (including phenoxy) is 5. The van der Waals surface area contributed by atoms with Crippen LogP contribution >= 0.6 is 0 Å². The van der Waals surface area contributed by atoms with E-state index < -0.39 is 36.9 Å². The summed E-state index contributed by atoms with van der Waals surface area (Å²) in [5, 5.41) is 11.6. The molecule has 1 fully saturated rings. The SMILES string of the molecule is O[C@@]1(CF)OC(COCc2ccccc2)[C@@H](OCc2ccccc2)C(OCc2ccccc2)C1OCc1ccccc1. The zero-order chi connectivity index (χ0) is 29.0. The third-order valence-electron chi connectivity index (χ3n) is 7.22. The lowest BCUT2D eigenvalue weighted by Crippen LogP contribution is -2.68. The van der Waals surface area contributed by atoms with Gasteiger partial charge in [0, 0.05) is 0 Å². The molecule has 1 aliphatic rings. The molecule has 7 heteroatoms. The van der Waals surface area contributed by atoms with Crippen LogP contribution in [0.15, 0.2) is 121 Å². The number of hydrogen-bond donors (Lipinski definition) is 1. The van der Waals surface area contributed by atoms with Crippen molar-refractivity contribution in [2.24, 2.45) is 0 Å². The first-order valence-electron chi connectivity index (χ1n) is 14.2. The monoisotopic (exact) mass is 572 g/mol. The Hall–Kier alpha value is -3.43. The molecule has 1 saturated heterocycles. The Morgan fingerprint density at radius 3 is 1.43 bits per heavy atom. The van der Waals surface area contributed by atoms with Gasteiger partial charge in [-0.3, -0.25) is 0 Å². The summed E-state index contributed by atoms with van der Waals surface area (Å²) in [6.45, 7) is -0.228. The highest BCUT2D eigenvalue weighted by molar-refractivity contribution is 5.16. The molecule has 5 atom stereocenters. The molecule has 0 amide bonds. The Balaban J connectivity index is 1.42. The number of halogens is 1. The molecule has 5 rings (SSSR count). The van der Waals surface area contributed by atoms with Crippen LogP contribution in [0.1, 0.15) is 22.3 Å². The van der Waals surface area contributed by atoms with Gasteiger partial charge in [-0.05, 0) is 22.3 Å². The van der Waals surface area contributed by atoms with Gasteiger partial charge in [-0.2, -0.15) is 0 Å². The van der Waals surface area contributed by atoms with E-state index in [1.807, 2.05) is 121 Å². The molecular formula is C35H37FO6. The van der Waals surface area contributed by atoms with Crippen molar-refractivity contribution in [2.75, 3.05) is 13.3 Å². The topological polar surface area (TPSA) is 66.4 Å². The highest BCUT2D eigenvalue weighted by Crippen LogP contribution is 2.36. The lowest BCUT2D eigenvalue weighted by Gasteiger charge is -2.49. The molecule has 0 spiro atoms. The Morgan fingerprint density at radius 1 is 0.571 bits per heavy atom. The van der Waals surface area contributed by atoms with Gasteiger partial charge in [0.05, 0.1) is 33.0 Å². The standard InChI is InChI=1S/C35H37FO6/c36-26-35(37)34(41-24-30-19-11-4-12-20-30)33(40-23-29-17-9-3-10-18-29)32(39-22-28-15-7-2-8-16-28)31(42-35)25-38-21-27-13-5-1-6-14-27/h1-20,31-34,37H,21-26H2/t31?,32-,33?,34?,35+/m1/s1. The van der Waals surface area contributed by atoms with E-state index in [2.05, 4.69) is 0 Å². The fourth-order valence-electron chi connectivity index (χ4n) is 5.04. The Kier molecular flexibility index (Phi) is 10.8. The highest BCUT2D eigenvalue weighted by Gasteiger charge is 2.56. The molecule has 0 radical (unpaired) electrons. The molecule has 0 bridgehead atoms. The summed E-state index contributed by atoms with van der Waals surface area (Å²) in [4.78, 5) is 0. The van der Waals surface area contributed by atoms with Crippen LogP contribution in [0.4, 0.5) is 4.39 Å². The van der Waals surface area contributed by atoms with Crippen LogP contribution in [0.2, 0.25) is 0 Å².